The van der Waals surface area contributed by atoms with Crippen LogP contribution in [0.5, 0.6) is 0 Å². The van der Waals surface area contributed by atoms with E-state index in [1.807, 2.05) is 0 Å². The average Bonchev–Trinajstić information content (AvgIpc) is 2.96. The molecule has 3 heteroatoms. The lowest BCUT2D eigenvalue weighted by molar-refractivity contribution is 0.129. The summed E-state index contributed by atoms with van der Waals surface area (Å²) >= 11 is 2.08. The molecule has 1 saturated carbocycles. The number of thioether (sulfide) groups is 1. The van der Waals surface area contributed by atoms with Crippen molar-refractivity contribution in [1.29, 1.82) is 0 Å². The highest BCUT2D eigenvalue weighted by molar-refractivity contribution is 7.99. The minimum atomic E-state index is 0.547. The van der Waals surface area contributed by atoms with Gasteiger partial charge in [-0.15, -0.1) is 0 Å². The molecule has 94 valence electrons. The molecular formula is C13H25NOS. The van der Waals surface area contributed by atoms with Crippen molar-refractivity contribution in [3.8, 4) is 0 Å². The molecule has 1 aliphatic heterocycles. The summed E-state index contributed by atoms with van der Waals surface area (Å²) in [7, 11) is 2.12. The minimum absolute atomic E-state index is 0.547. The van der Waals surface area contributed by atoms with E-state index in [0.29, 0.717) is 6.10 Å². The Labute approximate surface area is 104 Å². The third kappa shape index (κ3) is 3.64. The molecule has 0 aromatic rings. The van der Waals surface area contributed by atoms with Gasteiger partial charge < -0.3 is 10.1 Å². The SMILES string of the molecule is CNC(CSCC1CCCO1)C1CCCC1. The molecule has 0 amide bonds. The molecule has 2 rings (SSSR count). The topological polar surface area (TPSA) is 21.3 Å². The van der Waals surface area contributed by atoms with E-state index in [1.54, 1.807) is 0 Å². The first-order valence-electron chi connectivity index (χ1n) is 6.76. The largest absolute Gasteiger partial charge is 0.377 e. The van der Waals surface area contributed by atoms with E-state index in [9.17, 15) is 0 Å². The summed E-state index contributed by atoms with van der Waals surface area (Å²) in [5.41, 5.74) is 0. The van der Waals surface area contributed by atoms with Crippen LogP contribution in [0.3, 0.4) is 0 Å². The summed E-state index contributed by atoms with van der Waals surface area (Å²) in [6.45, 7) is 0.989. The molecule has 2 atom stereocenters. The predicted molar refractivity (Wildman–Crippen MR) is 71.1 cm³/mol. The van der Waals surface area contributed by atoms with Crippen LogP contribution in [0.2, 0.25) is 0 Å². The van der Waals surface area contributed by atoms with Crippen LogP contribution in [0, 0.1) is 5.92 Å². The Bertz CT molecular complexity index is 188. The number of hydrogen-bond donors (Lipinski definition) is 1. The molecule has 0 bridgehead atoms. The molecule has 2 aliphatic rings. The quantitative estimate of drug-likeness (QED) is 0.775. The van der Waals surface area contributed by atoms with Gasteiger partial charge in [-0.3, -0.25) is 0 Å². The van der Waals surface area contributed by atoms with Crippen molar-refractivity contribution < 1.29 is 4.74 Å². The fourth-order valence-electron chi connectivity index (χ4n) is 2.92. The second kappa shape index (κ2) is 6.87. The van der Waals surface area contributed by atoms with E-state index in [-0.39, 0.29) is 0 Å². The zero-order valence-electron chi connectivity index (χ0n) is 10.4. The van der Waals surface area contributed by atoms with E-state index in [4.69, 9.17) is 4.74 Å². The molecule has 1 heterocycles. The van der Waals surface area contributed by atoms with Crippen molar-refractivity contribution in [3.63, 3.8) is 0 Å². The summed E-state index contributed by atoms with van der Waals surface area (Å²) in [6.07, 6.45) is 8.85. The van der Waals surface area contributed by atoms with Crippen molar-refractivity contribution in [3.05, 3.63) is 0 Å². The lowest BCUT2D eigenvalue weighted by atomic mass is 10.0. The smallest absolute Gasteiger partial charge is 0.0666 e. The van der Waals surface area contributed by atoms with Crippen LogP contribution in [0.1, 0.15) is 38.5 Å². The first-order valence-corrected chi connectivity index (χ1v) is 7.92. The summed E-state index contributed by atoms with van der Waals surface area (Å²) < 4.78 is 5.65. The Morgan fingerprint density at radius 1 is 1.25 bits per heavy atom. The van der Waals surface area contributed by atoms with Gasteiger partial charge in [0.15, 0.2) is 0 Å². The Morgan fingerprint density at radius 2 is 2.06 bits per heavy atom. The maximum absolute atomic E-state index is 5.65. The molecule has 1 aliphatic carbocycles. The maximum Gasteiger partial charge on any atom is 0.0666 e. The molecule has 0 spiro atoms. The van der Waals surface area contributed by atoms with Crippen LogP contribution in [0.25, 0.3) is 0 Å². The van der Waals surface area contributed by atoms with Crippen LogP contribution in [-0.4, -0.2) is 37.3 Å². The van der Waals surface area contributed by atoms with Crippen LogP contribution in [-0.2, 0) is 4.74 Å². The minimum Gasteiger partial charge on any atom is -0.377 e. The molecule has 16 heavy (non-hydrogen) atoms. The summed E-state index contributed by atoms with van der Waals surface area (Å²) in [5, 5.41) is 3.51. The maximum atomic E-state index is 5.65. The molecule has 1 N–H and O–H groups in total. The average molecular weight is 243 g/mol. The second-order valence-electron chi connectivity index (χ2n) is 5.11. The summed E-state index contributed by atoms with van der Waals surface area (Å²) in [4.78, 5) is 0. The van der Waals surface area contributed by atoms with Crippen LogP contribution in [0.4, 0.5) is 0 Å². The summed E-state index contributed by atoms with van der Waals surface area (Å²) in [5.74, 6) is 3.40. The zero-order valence-corrected chi connectivity index (χ0v) is 11.2. The number of ether oxygens (including phenoxy) is 1. The Balaban J connectivity index is 1.62. The highest BCUT2D eigenvalue weighted by Gasteiger charge is 2.24. The van der Waals surface area contributed by atoms with Gasteiger partial charge in [0, 0.05) is 24.2 Å². The van der Waals surface area contributed by atoms with Crippen molar-refractivity contribution in [1.82, 2.24) is 5.32 Å². The zero-order chi connectivity index (χ0) is 11.2. The highest BCUT2D eigenvalue weighted by Crippen LogP contribution is 2.29. The van der Waals surface area contributed by atoms with Gasteiger partial charge in [0.25, 0.3) is 0 Å². The van der Waals surface area contributed by atoms with Crippen molar-refractivity contribution in [2.45, 2.75) is 50.7 Å². The Morgan fingerprint density at radius 3 is 2.69 bits per heavy atom. The molecule has 2 nitrogen and oxygen atoms in total. The van der Waals surface area contributed by atoms with E-state index < -0.39 is 0 Å². The third-order valence-electron chi connectivity index (χ3n) is 3.96. The normalized spacial score (nSPS) is 28.7. The van der Waals surface area contributed by atoms with Crippen molar-refractivity contribution in [2.24, 2.45) is 5.92 Å². The van der Waals surface area contributed by atoms with Gasteiger partial charge in [0.2, 0.25) is 0 Å². The van der Waals surface area contributed by atoms with Gasteiger partial charge in [-0.1, -0.05) is 12.8 Å². The van der Waals surface area contributed by atoms with Gasteiger partial charge in [0.05, 0.1) is 6.10 Å². The first kappa shape index (κ1) is 12.7. The fourth-order valence-corrected chi connectivity index (χ4v) is 4.27. The molecule has 2 fully saturated rings. The summed E-state index contributed by atoms with van der Waals surface area (Å²) in [6, 6.07) is 0.730. The van der Waals surface area contributed by atoms with Gasteiger partial charge in [-0.2, -0.15) is 11.8 Å². The van der Waals surface area contributed by atoms with E-state index >= 15 is 0 Å². The molecule has 0 aromatic carbocycles. The van der Waals surface area contributed by atoms with Crippen molar-refractivity contribution in [2.75, 3.05) is 25.2 Å². The Kier molecular flexibility index (Phi) is 5.46. The molecule has 0 radical (unpaired) electrons. The van der Waals surface area contributed by atoms with E-state index in [1.165, 1.54) is 50.0 Å². The van der Waals surface area contributed by atoms with Crippen LogP contribution >= 0.6 is 11.8 Å². The number of hydrogen-bond acceptors (Lipinski definition) is 3. The monoisotopic (exact) mass is 243 g/mol. The van der Waals surface area contributed by atoms with Crippen molar-refractivity contribution >= 4 is 11.8 Å². The molecule has 2 unspecified atom stereocenters. The van der Waals surface area contributed by atoms with E-state index in [0.717, 1.165) is 18.6 Å². The fraction of sp³-hybridized carbons (Fsp3) is 1.00. The number of rotatable bonds is 6. The van der Waals surface area contributed by atoms with E-state index in [2.05, 4.69) is 24.1 Å². The van der Waals surface area contributed by atoms with Crippen LogP contribution in [0.15, 0.2) is 0 Å². The Hall–Kier alpha value is 0.270. The third-order valence-corrected chi connectivity index (χ3v) is 5.17. The lowest BCUT2D eigenvalue weighted by Crippen LogP contribution is -2.35. The first-order chi connectivity index (χ1) is 7.90. The number of nitrogens with one attached hydrogen (secondary N) is 1. The highest BCUT2D eigenvalue weighted by atomic mass is 32.2. The molecular weight excluding hydrogens is 218 g/mol. The van der Waals surface area contributed by atoms with Gasteiger partial charge in [0.1, 0.15) is 0 Å². The van der Waals surface area contributed by atoms with Crippen LogP contribution < -0.4 is 5.32 Å². The molecule has 1 saturated heterocycles. The van der Waals surface area contributed by atoms with Gasteiger partial charge >= 0.3 is 0 Å². The standard InChI is InChI=1S/C13H25NOS/c1-14-13(11-5-2-3-6-11)10-16-9-12-7-4-8-15-12/h11-14H,2-10H2,1H3. The second-order valence-corrected chi connectivity index (χ2v) is 6.19. The van der Waals surface area contributed by atoms with Gasteiger partial charge in [-0.25, -0.2) is 0 Å². The van der Waals surface area contributed by atoms with Gasteiger partial charge in [-0.05, 0) is 38.6 Å². The predicted octanol–water partition coefficient (Wildman–Crippen LogP) is 2.68. The molecule has 0 aromatic heterocycles. The lowest BCUT2D eigenvalue weighted by Gasteiger charge is -2.23.